The van der Waals surface area contributed by atoms with Crippen LogP contribution >= 0.6 is 11.8 Å². The number of carbonyl (C=O) groups is 1. The second-order valence-corrected chi connectivity index (χ2v) is 5.71. The molecule has 2 N–H and O–H groups in total. The zero-order valence-electron chi connectivity index (χ0n) is 8.76. The monoisotopic (exact) mass is 203 g/mol. The second-order valence-electron chi connectivity index (χ2n) is 3.87. The zero-order valence-corrected chi connectivity index (χ0v) is 9.58. The fourth-order valence-corrected chi connectivity index (χ4v) is 1.29. The summed E-state index contributed by atoms with van der Waals surface area (Å²) >= 11 is 1.33. The molecule has 0 saturated carbocycles. The molecule has 2 amide bonds. The fraction of sp³-hybridized carbons (Fsp3) is 0.750. The lowest BCUT2D eigenvalue weighted by molar-refractivity contribution is 0.222. The van der Waals surface area contributed by atoms with Crippen molar-refractivity contribution in [3.8, 4) is 0 Å². The Labute approximate surface area is 83.6 Å². The molecular formula is C8H17N3OS. The summed E-state index contributed by atoms with van der Waals surface area (Å²) in [4.78, 5) is 12.5. The number of urea groups is 1. The van der Waals surface area contributed by atoms with Crippen LogP contribution in [-0.2, 0) is 0 Å². The maximum absolute atomic E-state index is 11.1. The third-order valence-corrected chi connectivity index (χ3v) is 1.95. The molecule has 0 saturated heterocycles. The topological polar surface area (TPSA) is 56.2 Å². The van der Waals surface area contributed by atoms with Crippen molar-refractivity contribution >= 4 is 23.0 Å². The highest BCUT2D eigenvalue weighted by atomic mass is 32.2. The van der Waals surface area contributed by atoms with E-state index in [9.17, 15) is 4.79 Å². The minimum absolute atomic E-state index is 0.0450. The predicted molar refractivity (Wildman–Crippen MR) is 57.3 cm³/mol. The van der Waals surface area contributed by atoms with Crippen molar-refractivity contribution in [2.24, 2.45) is 0 Å². The Morgan fingerprint density at radius 1 is 1.38 bits per heavy atom. The first-order valence-electron chi connectivity index (χ1n) is 3.98. The Kier molecular flexibility index (Phi) is 4.26. The minimum atomic E-state index is -0.262. The van der Waals surface area contributed by atoms with Crippen LogP contribution in [0.5, 0.6) is 0 Å². The number of carbonyl (C=O) groups excluding carboxylic acids is 1. The summed E-state index contributed by atoms with van der Waals surface area (Å²) in [5.74, 6) is 0. The maximum atomic E-state index is 11.1. The van der Waals surface area contributed by atoms with Crippen molar-refractivity contribution in [1.82, 2.24) is 10.2 Å². The van der Waals surface area contributed by atoms with Gasteiger partial charge >= 0.3 is 6.03 Å². The van der Waals surface area contributed by atoms with Crippen LogP contribution in [0.4, 0.5) is 4.79 Å². The van der Waals surface area contributed by atoms with Gasteiger partial charge < -0.3 is 4.90 Å². The van der Waals surface area contributed by atoms with E-state index in [2.05, 4.69) is 5.32 Å². The molecule has 5 heteroatoms. The first-order chi connectivity index (χ1) is 5.72. The van der Waals surface area contributed by atoms with Crippen LogP contribution in [0.1, 0.15) is 20.8 Å². The van der Waals surface area contributed by atoms with E-state index < -0.39 is 0 Å². The Morgan fingerprint density at radius 2 is 1.85 bits per heavy atom. The van der Waals surface area contributed by atoms with Gasteiger partial charge in [0.25, 0.3) is 0 Å². The second kappa shape index (κ2) is 4.50. The number of hydrogen-bond donors (Lipinski definition) is 2. The van der Waals surface area contributed by atoms with Gasteiger partial charge in [-0.05, 0) is 0 Å². The lowest BCUT2D eigenvalue weighted by atomic mass is 10.3. The highest BCUT2D eigenvalue weighted by molar-refractivity contribution is 8.14. The smallest absolute Gasteiger partial charge is 0.322 e. The van der Waals surface area contributed by atoms with Crippen molar-refractivity contribution in [1.29, 1.82) is 5.41 Å². The molecule has 0 aromatic heterocycles. The van der Waals surface area contributed by atoms with E-state index in [1.54, 1.807) is 14.1 Å². The molecule has 0 aromatic rings. The maximum Gasteiger partial charge on any atom is 0.322 e. The van der Waals surface area contributed by atoms with Crippen molar-refractivity contribution < 1.29 is 4.79 Å². The molecule has 0 aliphatic heterocycles. The van der Waals surface area contributed by atoms with Crippen LogP contribution in [0, 0.1) is 5.41 Å². The predicted octanol–water partition coefficient (Wildman–Crippen LogP) is 1.72. The molecule has 0 bridgehead atoms. The van der Waals surface area contributed by atoms with Gasteiger partial charge in [0.2, 0.25) is 0 Å². The summed E-state index contributed by atoms with van der Waals surface area (Å²) in [5.41, 5.74) is 0. The summed E-state index contributed by atoms with van der Waals surface area (Å²) in [6, 6.07) is -0.262. The Balaban J connectivity index is 3.96. The standard InChI is InChI=1S/C8H17N3OS/c1-8(2,3)13-6(9)10-7(12)11(4)5/h1-5H3,(H2,9,10,12). The van der Waals surface area contributed by atoms with E-state index in [0.717, 1.165) is 0 Å². The van der Waals surface area contributed by atoms with E-state index in [1.165, 1.54) is 16.7 Å². The minimum Gasteiger partial charge on any atom is -0.331 e. The SMILES string of the molecule is CN(C)C(=O)NC(=N)SC(C)(C)C. The highest BCUT2D eigenvalue weighted by Crippen LogP contribution is 2.22. The van der Waals surface area contributed by atoms with Crippen molar-refractivity contribution in [3.63, 3.8) is 0 Å². The Hall–Kier alpha value is -0.710. The Morgan fingerprint density at radius 3 is 2.15 bits per heavy atom. The number of thioether (sulfide) groups is 1. The normalized spacial score (nSPS) is 10.8. The number of nitrogens with one attached hydrogen (secondary N) is 2. The van der Waals surface area contributed by atoms with Gasteiger partial charge in [-0.25, -0.2) is 4.79 Å². The molecule has 0 aliphatic carbocycles. The van der Waals surface area contributed by atoms with Gasteiger partial charge in [0, 0.05) is 18.8 Å². The van der Waals surface area contributed by atoms with E-state index in [1.807, 2.05) is 20.8 Å². The first kappa shape index (κ1) is 12.3. The summed E-state index contributed by atoms with van der Waals surface area (Å²) in [5, 5.41) is 10.1. The van der Waals surface area contributed by atoms with Gasteiger partial charge in [-0.1, -0.05) is 32.5 Å². The van der Waals surface area contributed by atoms with Crippen molar-refractivity contribution in [3.05, 3.63) is 0 Å². The van der Waals surface area contributed by atoms with Gasteiger partial charge in [0.1, 0.15) is 0 Å². The van der Waals surface area contributed by atoms with Gasteiger partial charge in [0.05, 0.1) is 0 Å². The van der Waals surface area contributed by atoms with E-state index >= 15 is 0 Å². The van der Waals surface area contributed by atoms with Gasteiger partial charge in [-0.2, -0.15) is 0 Å². The molecule has 13 heavy (non-hydrogen) atoms. The van der Waals surface area contributed by atoms with Crippen LogP contribution in [0.3, 0.4) is 0 Å². The first-order valence-corrected chi connectivity index (χ1v) is 4.80. The number of nitrogens with zero attached hydrogens (tertiary/aromatic N) is 1. The van der Waals surface area contributed by atoms with Crippen LogP contribution in [0.25, 0.3) is 0 Å². The van der Waals surface area contributed by atoms with Crippen LogP contribution in [0.15, 0.2) is 0 Å². The van der Waals surface area contributed by atoms with Crippen molar-refractivity contribution in [2.75, 3.05) is 14.1 Å². The molecule has 0 aliphatic rings. The zero-order chi connectivity index (χ0) is 10.6. The molecule has 4 nitrogen and oxygen atoms in total. The summed E-state index contributed by atoms with van der Waals surface area (Å²) < 4.78 is -0.0450. The molecule has 76 valence electrons. The van der Waals surface area contributed by atoms with E-state index in [0.29, 0.717) is 0 Å². The summed E-state index contributed by atoms with van der Waals surface area (Å²) in [7, 11) is 3.29. The van der Waals surface area contributed by atoms with Crippen LogP contribution in [0.2, 0.25) is 0 Å². The number of amides is 2. The lowest BCUT2D eigenvalue weighted by Gasteiger charge is -2.19. The molecular weight excluding hydrogens is 186 g/mol. The fourth-order valence-electron chi connectivity index (χ4n) is 0.541. The van der Waals surface area contributed by atoms with Crippen LogP contribution < -0.4 is 5.32 Å². The van der Waals surface area contributed by atoms with Gasteiger partial charge in [0.15, 0.2) is 5.17 Å². The third kappa shape index (κ3) is 6.45. The molecule has 0 fully saturated rings. The van der Waals surface area contributed by atoms with E-state index in [4.69, 9.17) is 5.41 Å². The van der Waals surface area contributed by atoms with Crippen molar-refractivity contribution in [2.45, 2.75) is 25.5 Å². The molecule has 0 unspecified atom stereocenters. The number of rotatable bonds is 0. The highest BCUT2D eigenvalue weighted by Gasteiger charge is 2.16. The Bertz CT molecular complexity index is 208. The molecule has 0 aromatic carbocycles. The lowest BCUT2D eigenvalue weighted by Crippen LogP contribution is -2.38. The van der Waals surface area contributed by atoms with Gasteiger partial charge in [-0.3, -0.25) is 10.7 Å². The van der Waals surface area contributed by atoms with Crippen LogP contribution in [-0.4, -0.2) is 34.9 Å². The van der Waals surface area contributed by atoms with Gasteiger partial charge in [-0.15, -0.1) is 0 Å². The molecule has 0 atom stereocenters. The van der Waals surface area contributed by atoms with E-state index in [-0.39, 0.29) is 15.9 Å². The number of amidine groups is 1. The molecule has 0 radical (unpaired) electrons. The summed E-state index contributed by atoms with van der Waals surface area (Å²) in [6.45, 7) is 5.98. The molecule has 0 rings (SSSR count). The number of hydrogen-bond acceptors (Lipinski definition) is 3. The average molecular weight is 203 g/mol. The average Bonchev–Trinajstić information content (AvgIpc) is 1.81. The molecule has 0 spiro atoms. The quantitative estimate of drug-likeness (QED) is 0.465. The largest absolute Gasteiger partial charge is 0.331 e. The molecule has 0 heterocycles. The third-order valence-electron chi connectivity index (χ3n) is 1.03. The summed E-state index contributed by atoms with van der Waals surface area (Å²) in [6.07, 6.45) is 0.